The number of nitrogens with zero attached hydrogens (tertiary/aromatic N) is 1. The van der Waals surface area contributed by atoms with Crippen LogP contribution in [-0.4, -0.2) is 35.6 Å². The number of carbonyl (C=O) groups is 2. The standard InChI is InChI=1S/C14H13NO4S2/c1-18-10-5-3-2-4-9(10)8-15-12(16)11(13(17)19-15)14-20-6-7-21-14/h2-5H,6-8H2,1H3. The maximum Gasteiger partial charge on any atom is 0.370 e. The summed E-state index contributed by atoms with van der Waals surface area (Å²) in [5, 5.41) is 1.10. The number of amides is 1. The summed E-state index contributed by atoms with van der Waals surface area (Å²) in [6.45, 7) is 0.181. The third kappa shape index (κ3) is 2.75. The number of benzene rings is 1. The van der Waals surface area contributed by atoms with Crippen LogP contribution in [0, 0.1) is 0 Å². The molecule has 1 aromatic rings. The normalized spacial score (nSPS) is 18.4. The molecule has 0 saturated carbocycles. The Morgan fingerprint density at radius 2 is 1.95 bits per heavy atom. The smallest absolute Gasteiger partial charge is 0.370 e. The van der Waals surface area contributed by atoms with Gasteiger partial charge in [0.05, 0.1) is 17.9 Å². The lowest BCUT2D eigenvalue weighted by Crippen LogP contribution is -2.23. The molecule has 0 aromatic heterocycles. The van der Waals surface area contributed by atoms with Crippen molar-refractivity contribution >= 4 is 35.4 Å². The predicted molar refractivity (Wildman–Crippen MR) is 81.6 cm³/mol. The molecule has 0 unspecified atom stereocenters. The van der Waals surface area contributed by atoms with E-state index < -0.39 is 5.97 Å². The van der Waals surface area contributed by atoms with Crippen molar-refractivity contribution in [3.8, 4) is 5.75 Å². The number of methoxy groups -OCH3 is 1. The van der Waals surface area contributed by atoms with Gasteiger partial charge in [0.1, 0.15) is 11.3 Å². The zero-order chi connectivity index (χ0) is 14.8. The molecule has 0 radical (unpaired) electrons. The lowest BCUT2D eigenvalue weighted by molar-refractivity contribution is -0.180. The zero-order valence-electron chi connectivity index (χ0n) is 11.3. The first-order chi connectivity index (χ1) is 10.2. The van der Waals surface area contributed by atoms with Crippen LogP contribution < -0.4 is 4.74 Å². The van der Waals surface area contributed by atoms with Gasteiger partial charge in [-0.1, -0.05) is 18.2 Å². The van der Waals surface area contributed by atoms with Crippen molar-refractivity contribution in [1.29, 1.82) is 0 Å². The second-order valence-electron chi connectivity index (χ2n) is 4.39. The van der Waals surface area contributed by atoms with E-state index in [2.05, 4.69) is 0 Å². The van der Waals surface area contributed by atoms with Crippen LogP contribution in [-0.2, 0) is 21.0 Å². The molecule has 2 saturated heterocycles. The van der Waals surface area contributed by atoms with E-state index in [-0.39, 0.29) is 18.0 Å². The Morgan fingerprint density at radius 1 is 1.24 bits per heavy atom. The Morgan fingerprint density at radius 3 is 2.67 bits per heavy atom. The van der Waals surface area contributed by atoms with Crippen molar-refractivity contribution in [2.45, 2.75) is 6.54 Å². The molecule has 1 aromatic carbocycles. The summed E-state index contributed by atoms with van der Waals surface area (Å²) < 4.78 is 6.02. The van der Waals surface area contributed by atoms with Gasteiger partial charge in [0.25, 0.3) is 5.91 Å². The van der Waals surface area contributed by atoms with Crippen molar-refractivity contribution in [3.05, 3.63) is 39.6 Å². The van der Waals surface area contributed by atoms with Crippen LogP contribution >= 0.6 is 23.5 Å². The lowest BCUT2D eigenvalue weighted by Gasteiger charge is -2.14. The maximum atomic E-state index is 12.4. The number of para-hydroxylation sites is 1. The molecule has 2 heterocycles. The number of hydroxylamine groups is 2. The largest absolute Gasteiger partial charge is 0.496 e. The second kappa shape index (κ2) is 6.03. The number of hydrogen-bond donors (Lipinski definition) is 0. The van der Waals surface area contributed by atoms with Gasteiger partial charge in [-0.25, -0.2) is 4.79 Å². The van der Waals surface area contributed by atoms with Gasteiger partial charge in [0.2, 0.25) is 0 Å². The molecule has 110 valence electrons. The van der Waals surface area contributed by atoms with Gasteiger partial charge in [-0.3, -0.25) is 4.79 Å². The molecule has 2 aliphatic heterocycles. The number of hydrogen-bond acceptors (Lipinski definition) is 6. The highest BCUT2D eigenvalue weighted by atomic mass is 32.2. The van der Waals surface area contributed by atoms with Crippen molar-refractivity contribution in [1.82, 2.24) is 5.06 Å². The first-order valence-electron chi connectivity index (χ1n) is 6.36. The first kappa shape index (κ1) is 14.3. The van der Waals surface area contributed by atoms with Gasteiger partial charge < -0.3 is 9.57 Å². The molecule has 0 bridgehead atoms. The van der Waals surface area contributed by atoms with Crippen LogP contribution in [0.4, 0.5) is 0 Å². The highest BCUT2D eigenvalue weighted by Crippen LogP contribution is 2.41. The van der Waals surface area contributed by atoms with Crippen molar-refractivity contribution in [2.24, 2.45) is 0 Å². The minimum Gasteiger partial charge on any atom is -0.496 e. The molecule has 2 fully saturated rings. The van der Waals surface area contributed by atoms with Gasteiger partial charge >= 0.3 is 5.97 Å². The molecule has 7 heteroatoms. The van der Waals surface area contributed by atoms with E-state index in [1.165, 1.54) is 23.5 Å². The SMILES string of the molecule is COc1ccccc1CN1OC(=O)C(=C2SCCS2)C1=O. The highest BCUT2D eigenvalue weighted by Gasteiger charge is 2.40. The van der Waals surface area contributed by atoms with Crippen LogP contribution in [0.2, 0.25) is 0 Å². The van der Waals surface area contributed by atoms with Crippen LogP contribution in [0.5, 0.6) is 5.75 Å². The fourth-order valence-electron chi connectivity index (χ4n) is 2.12. The van der Waals surface area contributed by atoms with Crippen molar-refractivity contribution in [3.63, 3.8) is 0 Å². The molecule has 1 amide bonds. The molecule has 0 atom stereocenters. The lowest BCUT2D eigenvalue weighted by atomic mass is 10.2. The van der Waals surface area contributed by atoms with E-state index in [0.29, 0.717) is 5.75 Å². The average molecular weight is 323 g/mol. The quantitative estimate of drug-likeness (QED) is 0.628. The summed E-state index contributed by atoms with van der Waals surface area (Å²) in [7, 11) is 1.57. The number of carbonyl (C=O) groups excluding carboxylic acids is 2. The van der Waals surface area contributed by atoms with E-state index in [1.807, 2.05) is 18.2 Å². The third-order valence-electron chi connectivity index (χ3n) is 3.10. The van der Waals surface area contributed by atoms with Gasteiger partial charge in [-0.05, 0) is 6.07 Å². The van der Waals surface area contributed by atoms with E-state index in [9.17, 15) is 9.59 Å². The Hall–Kier alpha value is -1.60. The molecular weight excluding hydrogens is 310 g/mol. The Balaban J connectivity index is 1.83. The molecule has 0 N–H and O–H groups in total. The summed E-state index contributed by atoms with van der Waals surface area (Å²) >= 11 is 3.07. The molecule has 3 rings (SSSR count). The minimum absolute atomic E-state index is 0.164. The van der Waals surface area contributed by atoms with Gasteiger partial charge in [-0.2, -0.15) is 5.06 Å². The minimum atomic E-state index is -0.563. The van der Waals surface area contributed by atoms with Crippen molar-refractivity contribution < 1.29 is 19.2 Å². The van der Waals surface area contributed by atoms with Crippen LogP contribution in [0.1, 0.15) is 5.56 Å². The first-order valence-corrected chi connectivity index (χ1v) is 8.33. The van der Waals surface area contributed by atoms with E-state index in [0.717, 1.165) is 26.4 Å². The number of rotatable bonds is 3. The Kier molecular flexibility index (Phi) is 4.12. The summed E-state index contributed by atoms with van der Waals surface area (Å²) in [5.74, 6) is 1.55. The molecule has 21 heavy (non-hydrogen) atoms. The Labute approximate surface area is 130 Å². The number of ether oxygens (including phenoxy) is 1. The summed E-state index contributed by atoms with van der Waals surface area (Å²) in [4.78, 5) is 29.4. The third-order valence-corrected chi connectivity index (χ3v) is 5.81. The topological polar surface area (TPSA) is 55.8 Å². The average Bonchev–Trinajstić information content (AvgIpc) is 3.09. The molecule has 0 spiro atoms. The second-order valence-corrected chi connectivity index (χ2v) is 6.86. The zero-order valence-corrected chi connectivity index (χ0v) is 13.0. The fraction of sp³-hybridized carbons (Fsp3) is 0.286. The Bertz CT molecular complexity index is 621. The van der Waals surface area contributed by atoms with E-state index >= 15 is 0 Å². The van der Waals surface area contributed by atoms with Crippen LogP contribution in [0.25, 0.3) is 0 Å². The summed E-state index contributed by atoms with van der Waals surface area (Å²) in [6, 6.07) is 7.34. The summed E-state index contributed by atoms with van der Waals surface area (Å²) in [5.41, 5.74) is 0.955. The molecule has 0 aliphatic carbocycles. The van der Waals surface area contributed by atoms with Gasteiger partial charge in [0, 0.05) is 17.1 Å². The summed E-state index contributed by atoms with van der Waals surface area (Å²) in [6.07, 6.45) is 0. The number of thioether (sulfide) groups is 2. The molecule has 5 nitrogen and oxygen atoms in total. The maximum absolute atomic E-state index is 12.4. The van der Waals surface area contributed by atoms with Gasteiger partial charge in [0.15, 0.2) is 0 Å². The highest BCUT2D eigenvalue weighted by molar-refractivity contribution is 8.25. The fourth-order valence-corrected chi connectivity index (χ4v) is 4.62. The van der Waals surface area contributed by atoms with Crippen LogP contribution in [0.15, 0.2) is 34.1 Å². The molecule has 2 aliphatic rings. The van der Waals surface area contributed by atoms with Crippen LogP contribution in [0.3, 0.4) is 0 Å². The van der Waals surface area contributed by atoms with Crippen molar-refractivity contribution in [2.75, 3.05) is 18.6 Å². The van der Waals surface area contributed by atoms with E-state index in [1.54, 1.807) is 13.2 Å². The van der Waals surface area contributed by atoms with E-state index in [4.69, 9.17) is 9.57 Å². The molecular formula is C14H13NO4S2. The monoisotopic (exact) mass is 323 g/mol. The predicted octanol–water partition coefficient (Wildman–Crippen LogP) is 2.19. The van der Waals surface area contributed by atoms with Gasteiger partial charge in [-0.15, -0.1) is 23.5 Å².